The van der Waals surface area contributed by atoms with Crippen molar-refractivity contribution in [2.24, 2.45) is 0 Å². The molecule has 0 heterocycles. The van der Waals surface area contributed by atoms with Crippen LogP contribution < -0.4 is 10.6 Å². The van der Waals surface area contributed by atoms with Crippen molar-refractivity contribution in [1.82, 2.24) is 0 Å². The van der Waals surface area contributed by atoms with Crippen molar-refractivity contribution in [3.63, 3.8) is 0 Å². The summed E-state index contributed by atoms with van der Waals surface area (Å²) >= 11 is 0. The van der Waals surface area contributed by atoms with Crippen LogP contribution in [0.4, 0.5) is 20.6 Å². The molecule has 1 atom stereocenters. The van der Waals surface area contributed by atoms with E-state index in [-0.39, 0.29) is 11.7 Å². The minimum absolute atomic E-state index is 0.109. The number of benzene rings is 1. The number of ether oxygens (including phenoxy) is 1. The number of nitrogens with one attached hydrogen (secondary N) is 2. The maximum atomic E-state index is 13.8. The number of carbonyl (C=O) groups excluding carboxylic acids is 1. The highest BCUT2D eigenvalue weighted by Gasteiger charge is 2.17. The Balaban J connectivity index is 2.76. The SMILES string of the molecule is CCCC(C)Nc1ccc(F)c(NC(=O)OC(C)(C)C)c1. The van der Waals surface area contributed by atoms with Gasteiger partial charge in [0.15, 0.2) is 0 Å². The Labute approximate surface area is 126 Å². The van der Waals surface area contributed by atoms with Gasteiger partial charge in [-0.25, -0.2) is 9.18 Å². The fraction of sp³-hybridized carbons (Fsp3) is 0.562. The molecule has 5 heteroatoms. The Bertz CT molecular complexity index is 484. The summed E-state index contributed by atoms with van der Waals surface area (Å²) in [6, 6.07) is 4.84. The van der Waals surface area contributed by atoms with Gasteiger partial charge in [0.1, 0.15) is 11.4 Å². The first-order valence-corrected chi connectivity index (χ1v) is 7.27. The number of anilines is 2. The minimum atomic E-state index is -0.667. The topological polar surface area (TPSA) is 50.4 Å². The van der Waals surface area contributed by atoms with Crippen LogP contribution in [0, 0.1) is 5.82 Å². The molecule has 2 N–H and O–H groups in total. The number of carbonyl (C=O) groups is 1. The van der Waals surface area contributed by atoms with E-state index in [2.05, 4.69) is 24.5 Å². The average molecular weight is 296 g/mol. The maximum absolute atomic E-state index is 13.8. The summed E-state index contributed by atoms with van der Waals surface area (Å²) in [6.07, 6.45) is 1.42. The van der Waals surface area contributed by atoms with Gasteiger partial charge in [-0.15, -0.1) is 0 Å². The van der Waals surface area contributed by atoms with E-state index in [1.54, 1.807) is 32.9 Å². The van der Waals surface area contributed by atoms with Crippen LogP contribution in [0.1, 0.15) is 47.5 Å². The molecule has 0 aliphatic carbocycles. The van der Waals surface area contributed by atoms with E-state index in [9.17, 15) is 9.18 Å². The second kappa shape index (κ2) is 7.29. The summed E-state index contributed by atoms with van der Waals surface area (Å²) in [5, 5.41) is 5.71. The summed E-state index contributed by atoms with van der Waals surface area (Å²) in [5.74, 6) is -0.491. The molecule has 0 saturated carbocycles. The van der Waals surface area contributed by atoms with Gasteiger partial charge in [0.05, 0.1) is 5.69 Å². The Morgan fingerprint density at radius 3 is 2.62 bits per heavy atom. The molecule has 0 fully saturated rings. The standard InChI is InChI=1S/C16H25FN2O2/c1-6-7-11(2)18-12-8-9-13(17)14(10-12)19-15(20)21-16(3,4)5/h8-11,18H,6-7H2,1-5H3,(H,19,20). The van der Waals surface area contributed by atoms with E-state index in [4.69, 9.17) is 4.74 Å². The third-order valence-corrected chi connectivity index (χ3v) is 2.74. The van der Waals surface area contributed by atoms with E-state index in [0.717, 1.165) is 18.5 Å². The molecule has 0 aliphatic heterocycles. The molecule has 1 rings (SSSR count). The van der Waals surface area contributed by atoms with Crippen LogP contribution in [0.25, 0.3) is 0 Å². The molecule has 1 aromatic carbocycles. The van der Waals surface area contributed by atoms with Gasteiger partial charge in [0.2, 0.25) is 0 Å². The van der Waals surface area contributed by atoms with Gasteiger partial charge in [-0.2, -0.15) is 0 Å². The summed E-state index contributed by atoms with van der Waals surface area (Å²) < 4.78 is 18.9. The molecule has 1 aromatic rings. The summed E-state index contributed by atoms with van der Waals surface area (Å²) in [4.78, 5) is 11.7. The van der Waals surface area contributed by atoms with E-state index in [1.807, 2.05) is 0 Å². The van der Waals surface area contributed by atoms with Gasteiger partial charge < -0.3 is 10.1 Å². The van der Waals surface area contributed by atoms with Crippen molar-refractivity contribution in [3.05, 3.63) is 24.0 Å². The molecule has 0 aliphatic rings. The zero-order valence-electron chi connectivity index (χ0n) is 13.4. The van der Waals surface area contributed by atoms with Gasteiger partial charge in [0, 0.05) is 11.7 Å². The van der Waals surface area contributed by atoms with Crippen LogP contribution in [-0.4, -0.2) is 17.7 Å². The molecule has 118 valence electrons. The van der Waals surface area contributed by atoms with Crippen molar-refractivity contribution in [1.29, 1.82) is 0 Å². The fourth-order valence-electron chi connectivity index (χ4n) is 1.91. The Morgan fingerprint density at radius 1 is 1.38 bits per heavy atom. The zero-order valence-corrected chi connectivity index (χ0v) is 13.4. The number of rotatable bonds is 5. The first kappa shape index (κ1) is 17.3. The van der Waals surface area contributed by atoms with E-state index >= 15 is 0 Å². The molecule has 4 nitrogen and oxygen atoms in total. The normalized spacial score (nSPS) is 12.7. The highest BCUT2D eigenvalue weighted by molar-refractivity contribution is 5.85. The van der Waals surface area contributed by atoms with Crippen molar-refractivity contribution in [3.8, 4) is 0 Å². The lowest BCUT2D eigenvalue weighted by Crippen LogP contribution is -2.27. The van der Waals surface area contributed by atoms with Crippen LogP contribution in [0.2, 0.25) is 0 Å². The highest BCUT2D eigenvalue weighted by Crippen LogP contribution is 2.21. The third-order valence-electron chi connectivity index (χ3n) is 2.74. The highest BCUT2D eigenvalue weighted by atomic mass is 19.1. The quantitative estimate of drug-likeness (QED) is 0.822. The maximum Gasteiger partial charge on any atom is 0.412 e. The molecule has 0 bridgehead atoms. The number of hydrogen-bond acceptors (Lipinski definition) is 3. The van der Waals surface area contributed by atoms with Gasteiger partial charge in [-0.05, 0) is 52.3 Å². The number of amides is 1. The fourth-order valence-corrected chi connectivity index (χ4v) is 1.91. The van der Waals surface area contributed by atoms with Crippen LogP contribution in [0.5, 0.6) is 0 Å². The van der Waals surface area contributed by atoms with Gasteiger partial charge in [0.25, 0.3) is 0 Å². The van der Waals surface area contributed by atoms with E-state index in [0.29, 0.717) is 0 Å². The predicted molar refractivity (Wildman–Crippen MR) is 84.2 cm³/mol. The number of hydrogen-bond donors (Lipinski definition) is 2. The van der Waals surface area contributed by atoms with E-state index < -0.39 is 17.5 Å². The van der Waals surface area contributed by atoms with E-state index in [1.165, 1.54) is 6.07 Å². The molecule has 0 radical (unpaired) electrons. The zero-order chi connectivity index (χ0) is 16.0. The molecule has 21 heavy (non-hydrogen) atoms. The molecule has 0 saturated heterocycles. The van der Waals surface area contributed by atoms with Gasteiger partial charge in [-0.1, -0.05) is 13.3 Å². The molecule has 0 spiro atoms. The minimum Gasteiger partial charge on any atom is -0.444 e. The first-order chi connectivity index (χ1) is 9.71. The molecule has 0 aromatic heterocycles. The lowest BCUT2D eigenvalue weighted by Gasteiger charge is -2.20. The smallest absolute Gasteiger partial charge is 0.412 e. The molecular weight excluding hydrogens is 271 g/mol. The van der Waals surface area contributed by atoms with Gasteiger partial charge >= 0.3 is 6.09 Å². The van der Waals surface area contributed by atoms with Crippen molar-refractivity contribution >= 4 is 17.5 Å². The second-order valence-corrected chi connectivity index (χ2v) is 6.16. The second-order valence-electron chi connectivity index (χ2n) is 6.16. The molecular formula is C16H25FN2O2. The van der Waals surface area contributed by atoms with Crippen LogP contribution in [0.3, 0.4) is 0 Å². The van der Waals surface area contributed by atoms with Gasteiger partial charge in [-0.3, -0.25) is 5.32 Å². The number of halogens is 1. The lowest BCUT2D eigenvalue weighted by atomic mass is 10.2. The summed E-state index contributed by atoms with van der Waals surface area (Å²) in [5.41, 5.74) is 0.257. The van der Waals surface area contributed by atoms with Crippen molar-refractivity contribution in [2.45, 2.75) is 59.1 Å². The Morgan fingerprint density at radius 2 is 2.05 bits per heavy atom. The Kier molecular flexibility index (Phi) is 6.00. The predicted octanol–water partition coefficient (Wildman–Crippen LogP) is 4.77. The first-order valence-electron chi connectivity index (χ1n) is 7.27. The largest absolute Gasteiger partial charge is 0.444 e. The third kappa shape index (κ3) is 6.47. The lowest BCUT2D eigenvalue weighted by molar-refractivity contribution is 0.0635. The molecule has 1 amide bonds. The molecule has 1 unspecified atom stereocenters. The summed E-state index contributed by atoms with van der Waals surface area (Å²) in [6.45, 7) is 9.44. The summed E-state index contributed by atoms with van der Waals surface area (Å²) in [7, 11) is 0. The van der Waals surface area contributed by atoms with Crippen LogP contribution in [-0.2, 0) is 4.74 Å². The Hall–Kier alpha value is -1.78. The van der Waals surface area contributed by atoms with Crippen LogP contribution >= 0.6 is 0 Å². The van der Waals surface area contributed by atoms with Crippen LogP contribution in [0.15, 0.2) is 18.2 Å². The monoisotopic (exact) mass is 296 g/mol. The van der Waals surface area contributed by atoms with Crippen molar-refractivity contribution in [2.75, 3.05) is 10.6 Å². The van der Waals surface area contributed by atoms with Crippen molar-refractivity contribution < 1.29 is 13.9 Å². The average Bonchev–Trinajstić information content (AvgIpc) is 2.31.